The SMILES string of the molecule is CCCOCc1nc2nc(N(C)C)ccc2[nH]1. The molecule has 0 aliphatic heterocycles. The van der Waals surface area contributed by atoms with E-state index < -0.39 is 0 Å². The van der Waals surface area contributed by atoms with Gasteiger partial charge in [-0.2, -0.15) is 0 Å². The summed E-state index contributed by atoms with van der Waals surface area (Å²) >= 11 is 0. The van der Waals surface area contributed by atoms with E-state index in [0.29, 0.717) is 6.61 Å². The Morgan fingerprint density at radius 2 is 2.12 bits per heavy atom. The first kappa shape index (κ1) is 11.9. The van der Waals surface area contributed by atoms with Crippen LogP contribution in [0.4, 0.5) is 5.82 Å². The minimum Gasteiger partial charge on any atom is -0.374 e. The highest BCUT2D eigenvalue weighted by Crippen LogP contribution is 2.14. The molecule has 0 bridgehead atoms. The average Bonchev–Trinajstić information content (AvgIpc) is 2.70. The molecular formula is C12H18N4O. The monoisotopic (exact) mass is 234 g/mol. The summed E-state index contributed by atoms with van der Waals surface area (Å²) in [6.07, 6.45) is 1.02. The number of nitrogens with zero attached hydrogens (tertiary/aromatic N) is 3. The third-order valence-corrected chi connectivity index (χ3v) is 2.43. The number of hydrogen-bond acceptors (Lipinski definition) is 4. The summed E-state index contributed by atoms with van der Waals surface area (Å²) in [6, 6.07) is 3.96. The van der Waals surface area contributed by atoms with Crippen molar-refractivity contribution >= 4 is 17.0 Å². The number of aromatic nitrogens is 3. The molecule has 0 aliphatic rings. The van der Waals surface area contributed by atoms with Gasteiger partial charge in [0.15, 0.2) is 5.65 Å². The first-order valence-corrected chi connectivity index (χ1v) is 5.81. The normalized spacial score (nSPS) is 11.0. The molecule has 0 aliphatic carbocycles. The molecule has 0 atom stereocenters. The fourth-order valence-corrected chi connectivity index (χ4v) is 1.56. The van der Waals surface area contributed by atoms with Crippen LogP contribution < -0.4 is 4.90 Å². The Kier molecular flexibility index (Phi) is 3.58. The molecule has 2 aromatic heterocycles. The van der Waals surface area contributed by atoms with E-state index in [1.807, 2.05) is 31.1 Å². The summed E-state index contributed by atoms with van der Waals surface area (Å²) < 4.78 is 5.44. The zero-order valence-corrected chi connectivity index (χ0v) is 10.5. The van der Waals surface area contributed by atoms with Crippen molar-refractivity contribution in [3.05, 3.63) is 18.0 Å². The van der Waals surface area contributed by atoms with Gasteiger partial charge in [-0.15, -0.1) is 0 Å². The van der Waals surface area contributed by atoms with Crippen LogP contribution in [-0.2, 0) is 11.3 Å². The molecule has 5 heteroatoms. The fraction of sp³-hybridized carbons (Fsp3) is 0.500. The number of rotatable bonds is 5. The Morgan fingerprint density at radius 3 is 2.82 bits per heavy atom. The third-order valence-electron chi connectivity index (χ3n) is 2.43. The molecule has 0 aromatic carbocycles. The second-order valence-electron chi connectivity index (χ2n) is 4.17. The number of hydrogen-bond donors (Lipinski definition) is 1. The first-order valence-electron chi connectivity index (χ1n) is 5.81. The molecular weight excluding hydrogens is 216 g/mol. The molecule has 0 spiro atoms. The number of imidazole rings is 1. The van der Waals surface area contributed by atoms with Gasteiger partial charge in [0.1, 0.15) is 18.2 Å². The maximum atomic E-state index is 5.44. The molecule has 0 saturated carbocycles. The summed E-state index contributed by atoms with van der Waals surface area (Å²) in [6.45, 7) is 3.36. The van der Waals surface area contributed by atoms with Gasteiger partial charge in [0.25, 0.3) is 0 Å². The molecule has 2 rings (SSSR count). The van der Waals surface area contributed by atoms with Crippen LogP contribution in [0.2, 0.25) is 0 Å². The first-order chi connectivity index (χ1) is 8.20. The second kappa shape index (κ2) is 5.14. The zero-order chi connectivity index (χ0) is 12.3. The van der Waals surface area contributed by atoms with E-state index in [1.54, 1.807) is 0 Å². The summed E-state index contributed by atoms with van der Waals surface area (Å²) in [5, 5.41) is 0. The predicted molar refractivity (Wildman–Crippen MR) is 68.2 cm³/mol. The minimum absolute atomic E-state index is 0.515. The fourth-order valence-electron chi connectivity index (χ4n) is 1.56. The van der Waals surface area contributed by atoms with Crippen molar-refractivity contribution in [1.82, 2.24) is 15.0 Å². The van der Waals surface area contributed by atoms with Crippen molar-refractivity contribution in [1.29, 1.82) is 0 Å². The Bertz CT molecular complexity index is 492. The molecule has 0 saturated heterocycles. The number of nitrogens with one attached hydrogen (secondary N) is 1. The smallest absolute Gasteiger partial charge is 0.179 e. The molecule has 17 heavy (non-hydrogen) atoms. The number of pyridine rings is 1. The average molecular weight is 234 g/mol. The quantitative estimate of drug-likeness (QED) is 0.803. The molecule has 0 unspecified atom stereocenters. The summed E-state index contributed by atoms with van der Waals surface area (Å²) in [4.78, 5) is 14.0. The van der Waals surface area contributed by atoms with E-state index >= 15 is 0 Å². The number of aromatic amines is 1. The largest absolute Gasteiger partial charge is 0.374 e. The van der Waals surface area contributed by atoms with Crippen LogP contribution >= 0.6 is 0 Å². The Hall–Kier alpha value is -1.62. The van der Waals surface area contributed by atoms with Crippen LogP contribution in [0.1, 0.15) is 19.2 Å². The van der Waals surface area contributed by atoms with E-state index in [4.69, 9.17) is 4.74 Å². The van der Waals surface area contributed by atoms with Gasteiger partial charge in [-0.05, 0) is 18.6 Å². The molecule has 2 aromatic rings. The summed E-state index contributed by atoms with van der Waals surface area (Å²) in [7, 11) is 3.93. The van der Waals surface area contributed by atoms with Crippen molar-refractivity contribution in [2.75, 3.05) is 25.6 Å². The van der Waals surface area contributed by atoms with Gasteiger partial charge in [-0.1, -0.05) is 6.92 Å². The lowest BCUT2D eigenvalue weighted by molar-refractivity contribution is 0.117. The van der Waals surface area contributed by atoms with E-state index in [2.05, 4.69) is 21.9 Å². The highest BCUT2D eigenvalue weighted by Gasteiger charge is 2.05. The number of anilines is 1. The molecule has 1 N–H and O–H groups in total. The topological polar surface area (TPSA) is 54.0 Å². The van der Waals surface area contributed by atoms with Crippen molar-refractivity contribution in [2.45, 2.75) is 20.0 Å². The molecule has 0 radical (unpaired) electrons. The van der Waals surface area contributed by atoms with E-state index in [1.165, 1.54) is 0 Å². The maximum Gasteiger partial charge on any atom is 0.179 e. The lowest BCUT2D eigenvalue weighted by atomic mass is 10.4. The van der Waals surface area contributed by atoms with Crippen LogP contribution in [0.5, 0.6) is 0 Å². The van der Waals surface area contributed by atoms with Gasteiger partial charge >= 0.3 is 0 Å². The highest BCUT2D eigenvalue weighted by molar-refractivity contribution is 5.72. The Labute approximate surface area is 101 Å². The van der Waals surface area contributed by atoms with E-state index in [-0.39, 0.29) is 0 Å². The van der Waals surface area contributed by atoms with Crippen LogP contribution in [0.3, 0.4) is 0 Å². The zero-order valence-electron chi connectivity index (χ0n) is 10.5. The molecule has 0 fully saturated rings. The van der Waals surface area contributed by atoms with Crippen LogP contribution in [0.25, 0.3) is 11.2 Å². The van der Waals surface area contributed by atoms with Crippen molar-refractivity contribution in [3.63, 3.8) is 0 Å². The van der Waals surface area contributed by atoms with Crippen LogP contribution in [0.15, 0.2) is 12.1 Å². The second-order valence-corrected chi connectivity index (χ2v) is 4.17. The standard InChI is InChI=1S/C12H18N4O/c1-4-7-17-8-10-13-9-5-6-11(16(2)3)15-12(9)14-10/h5-6H,4,7-8H2,1-3H3,(H,13,14,15). The van der Waals surface area contributed by atoms with Crippen molar-refractivity contribution in [2.24, 2.45) is 0 Å². The van der Waals surface area contributed by atoms with Gasteiger partial charge in [0.05, 0.1) is 5.52 Å². The Balaban J connectivity index is 2.18. The number of ether oxygens (including phenoxy) is 1. The van der Waals surface area contributed by atoms with Crippen molar-refractivity contribution < 1.29 is 4.74 Å². The lowest BCUT2D eigenvalue weighted by Crippen LogP contribution is -2.10. The minimum atomic E-state index is 0.515. The van der Waals surface area contributed by atoms with Gasteiger partial charge < -0.3 is 14.6 Å². The maximum absolute atomic E-state index is 5.44. The molecule has 92 valence electrons. The Morgan fingerprint density at radius 1 is 1.29 bits per heavy atom. The predicted octanol–water partition coefficient (Wildman–Crippen LogP) is 1.95. The highest BCUT2D eigenvalue weighted by atomic mass is 16.5. The van der Waals surface area contributed by atoms with Gasteiger partial charge in [-0.25, -0.2) is 9.97 Å². The number of fused-ring (bicyclic) bond motifs is 1. The third kappa shape index (κ3) is 2.74. The van der Waals surface area contributed by atoms with E-state index in [9.17, 15) is 0 Å². The van der Waals surface area contributed by atoms with Crippen LogP contribution in [-0.4, -0.2) is 35.7 Å². The van der Waals surface area contributed by atoms with E-state index in [0.717, 1.165) is 35.8 Å². The van der Waals surface area contributed by atoms with Gasteiger partial charge in [0.2, 0.25) is 0 Å². The van der Waals surface area contributed by atoms with Gasteiger partial charge in [-0.3, -0.25) is 0 Å². The lowest BCUT2D eigenvalue weighted by Gasteiger charge is -2.09. The summed E-state index contributed by atoms with van der Waals surface area (Å²) in [5.74, 6) is 1.74. The number of H-pyrrole nitrogens is 1. The van der Waals surface area contributed by atoms with Crippen LogP contribution in [0, 0.1) is 0 Å². The van der Waals surface area contributed by atoms with Gasteiger partial charge in [0, 0.05) is 20.7 Å². The molecule has 0 amide bonds. The molecule has 5 nitrogen and oxygen atoms in total. The summed E-state index contributed by atoms with van der Waals surface area (Å²) in [5.41, 5.74) is 1.69. The molecule has 2 heterocycles. The van der Waals surface area contributed by atoms with Crippen molar-refractivity contribution in [3.8, 4) is 0 Å².